The van der Waals surface area contributed by atoms with Gasteiger partial charge in [-0.1, -0.05) is 67.0 Å². The zero-order valence-corrected chi connectivity index (χ0v) is 24.0. The average molecular weight is 536 g/mol. The molecular weight excluding hydrogens is 490 g/mol. The molecule has 1 amide bonds. The van der Waals surface area contributed by atoms with Crippen molar-refractivity contribution in [3.63, 3.8) is 0 Å². The Bertz CT molecular complexity index is 1050. The fourth-order valence-electron chi connectivity index (χ4n) is 5.69. The summed E-state index contributed by atoms with van der Waals surface area (Å²) in [7, 11) is 0. The van der Waals surface area contributed by atoms with Crippen molar-refractivity contribution in [1.29, 1.82) is 0 Å². The van der Waals surface area contributed by atoms with Gasteiger partial charge in [0.2, 0.25) is 5.91 Å². The standard InChI is InChI=1S/C33H45NO5/c1-4-9-27-18-19-31(36)34(21-20-25-10-7-6-8-11-25)29(33(27)38)23-30(35)28(22-32(37)39-5-2)17-16-26-14-12-24(3)13-15-26/h6-7,10,12-15,27-29H,4-5,8-9,11,16-23H2,1-3H3. The molecule has 6 nitrogen and oxygen atoms in total. The summed E-state index contributed by atoms with van der Waals surface area (Å²) in [5, 5.41) is 0. The van der Waals surface area contributed by atoms with Gasteiger partial charge in [-0.05, 0) is 64.4 Å². The van der Waals surface area contributed by atoms with Gasteiger partial charge in [0.15, 0.2) is 5.78 Å². The van der Waals surface area contributed by atoms with Gasteiger partial charge in [-0.15, -0.1) is 0 Å². The smallest absolute Gasteiger partial charge is 0.306 e. The zero-order valence-electron chi connectivity index (χ0n) is 24.0. The van der Waals surface area contributed by atoms with E-state index in [4.69, 9.17) is 4.74 Å². The highest BCUT2D eigenvalue weighted by Crippen LogP contribution is 2.29. The normalized spacial score (nSPS) is 20.4. The van der Waals surface area contributed by atoms with E-state index >= 15 is 0 Å². The van der Waals surface area contributed by atoms with E-state index in [-0.39, 0.29) is 42.8 Å². The predicted octanol–water partition coefficient (Wildman–Crippen LogP) is 6.10. The number of ketones is 2. The Labute approximate surface area is 233 Å². The Kier molecular flexibility index (Phi) is 12.2. The maximum atomic E-state index is 13.8. The van der Waals surface area contributed by atoms with Crippen molar-refractivity contribution >= 4 is 23.4 Å². The van der Waals surface area contributed by atoms with Crippen LogP contribution in [-0.2, 0) is 30.3 Å². The number of Topliss-reactive ketones (excluding diaryl/α,β-unsaturated/α-hetero) is 2. The van der Waals surface area contributed by atoms with Gasteiger partial charge < -0.3 is 9.64 Å². The Morgan fingerprint density at radius 2 is 1.85 bits per heavy atom. The van der Waals surface area contributed by atoms with Crippen LogP contribution in [0.5, 0.6) is 0 Å². The molecule has 3 unspecified atom stereocenters. The molecule has 1 aromatic rings. The van der Waals surface area contributed by atoms with Crippen LogP contribution in [-0.4, -0.2) is 47.5 Å². The molecular formula is C33H45NO5. The first-order valence-corrected chi connectivity index (χ1v) is 14.7. The minimum Gasteiger partial charge on any atom is -0.466 e. The minimum absolute atomic E-state index is 0.00184. The lowest BCUT2D eigenvalue weighted by molar-refractivity contribution is -0.147. The Morgan fingerprint density at radius 1 is 1.08 bits per heavy atom. The lowest BCUT2D eigenvalue weighted by Gasteiger charge is -2.31. The monoisotopic (exact) mass is 535 g/mol. The van der Waals surface area contributed by atoms with E-state index in [1.54, 1.807) is 11.8 Å². The molecule has 2 aliphatic rings. The van der Waals surface area contributed by atoms with Crippen LogP contribution in [0.4, 0.5) is 0 Å². The summed E-state index contributed by atoms with van der Waals surface area (Å²) in [6.07, 6.45) is 12.4. The Morgan fingerprint density at radius 3 is 2.51 bits per heavy atom. The molecule has 0 spiro atoms. The third kappa shape index (κ3) is 9.29. The van der Waals surface area contributed by atoms with Gasteiger partial charge >= 0.3 is 5.97 Å². The van der Waals surface area contributed by atoms with E-state index in [0.29, 0.717) is 38.6 Å². The van der Waals surface area contributed by atoms with Gasteiger partial charge in [-0.2, -0.15) is 0 Å². The number of aryl methyl sites for hydroxylation is 2. The van der Waals surface area contributed by atoms with Crippen LogP contribution < -0.4 is 0 Å². The summed E-state index contributed by atoms with van der Waals surface area (Å²) in [6.45, 7) is 6.51. The SMILES string of the molecule is CCCC1CCC(=O)N(CCC2=CC=CCC2)C(CC(=O)C(CCc2ccc(C)cc2)CC(=O)OCC)C1=O. The number of esters is 1. The molecule has 6 heteroatoms. The predicted molar refractivity (Wildman–Crippen MR) is 153 cm³/mol. The molecule has 1 aliphatic carbocycles. The number of carbonyl (C=O) groups is 4. The van der Waals surface area contributed by atoms with E-state index in [1.807, 2.05) is 44.2 Å². The molecule has 3 rings (SSSR count). The van der Waals surface area contributed by atoms with Crippen LogP contribution >= 0.6 is 0 Å². The summed E-state index contributed by atoms with van der Waals surface area (Å²) in [5.74, 6) is -1.36. The Hall–Kier alpha value is -3.02. The second-order valence-electron chi connectivity index (χ2n) is 11.0. The fraction of sp³-hybridized carbons (Fsp3) is 0.576. The van der Waals surface area contributed by atoms with Gasteiger partial charge in [0.05, 0.1) is 19.1 Å². The highest BCUT2D eigenvalue weighted by atomic mass is 16.5. The molecule has 0 saturated carbocycles. The second-order valence-corrected chi connectivity index (χ2v) is 11.0. The van der Waals surface area contributed by atoms with Crippen LogP contribution in [0, 0.1) is 18.8 Å². The summed E-state index contributed by atoms with van der Waals surface area (Å²) < 4.78 is 5.18. The average Bonchev–Trinajstić information content (AvgIpc) is 3.03. The second kappa shape index (κ2) is 15.5. The molecule has 1 fully saturated rings. The van der Waals surface area contributed by atoms with Gasteiger partial charge in [0.25, 0.3) is 0 Å². The number of ether oxygens (including phenoxy) is 1. The molecule has 1 aliphatic heterocycles. The van der Waals surface area contributed by atoms with Crippen molar-refractivity contribution in [3.8, 4) is 0 Å². The van der Waals surface area contributed by atoms with Crippen LogP contribution in [0.1, 0.15) is 89.2 Å². The summed E-state index contributed by atoms with van der Waals surface area (Å²) >= 11 is 0. The van der Waals surface area contributed by atoms with Crippen molar-refractivity contribution in [1.82, 2.24) is 4.90 Å². The molecule has 212 valence electrons. The first-order valence-electron chi connectivity index (χ1n) is 14.7. The topological polar surface area (TPSA) is 80.8 Å². The van der Waals surface area contributed by atoms with Gasteiger partial charge in [-0.25, -0.2) is 0 Å². The highest BCUT2D eigenvalue weighted by Gasteiger charge is 2.39. The molecule has 1 saturated heterocycles. The first kappa shape index (κ1) is 30.5. The molecule has 1 heterocycles. The van der Waals surface area contributed by atoms with Crippen LogP contribution in [0.2, 0.25) is 0 Å². The largest absolute Gasteiger partial charge is 0.466 e. The minimum atomic E-state index is -0.771. The van der Waals surface area contributed by atoms with Crippen molar-refractivity contribution < 1.29 is 23.9 Å². The van der Waals surface area contributed by atoms with Crippen LogP contribution in [0.25, 0.3) is 0 Å². The maximum Gasteiger partial charge on any atom is 0.306 e. The molecule has 3 atom stereocenters. The maximum absolute atomic E-state index is 13.8. The number of hydrogen-bond acceptors (Lipinski definition) is 5. The lowest BCUT2D eigenvalue weighted by atomic mass is 9.85. The molecule has 39 heavy (non-hydrogen) atoms. The number of likely N-dealkylation sites (tertiary alicyclic amines) is 1. The van der Waals surface area contributed by atoms with E-state index in [1.165, 1.54) is 5.57 Å². The van der Waals surface area contributed by atoms with Crippen molar-refractivity contribution in [2.45, 2.75) is 97.4 Å². The molecule has 0 bridgehead atoms. The van der Waals surface area contributed by atoms with Gasteiger partial charge in [0, 0.05) is 31.2 Å². The number of nitrogens with zero attached hydrogens (tertiary/aromatic N) is 1. The molecule has 1 aromatic carbocycles. The first-order chi connectivity index (χ1) is 18.8. The number of amides is 1. The van der Waals surface area contributed by atoms with E-state index in [9.17, 15) is 19.2 Å². The van der Waals surface area contributed by atoms with E-state index in [2.05, 4.69) is 12.2 Å². The van der Waals surface area contributed by atoms with Gasteiger partial charge in [0.1, 0.15) is 5.78 Å². The highest BCUT2D eigenvalue weighted by molar-refractivity contribution is 5.97. The van der Waals surface area contributed by atoms with Crippen molar-refractivity contribution in [2.75, 3.05) is 13.2 Å². The summed E-state index contributed by atoms with van der Waals surface area (Å²) in [4.78, 5) is 55.0. The van der Waals surface area contributed by atoms with E-state index in [0.717, 1.165) is 36.8 Å². The molecule has 0 radical (unpaired) electrons. The number of rotatable bonds is 14. The fourth-order valence-corrected chi connectivity index (χ4v) is 5.69. The van der Waals surface area contributed by atoms with Crippen molar-refractivity contribution in [2.24, 2.45) is 11.8 Å². The number of allylic oxidation sites excluding steroid dienone is 3. The zero-order chi connectivity index (χ0) is 28.2. The number of carbonyl (C=O) groups excluding carboxylic acids is 4. The molecule has 0 aromatic heterocycles. The van der Waals surface area contributed by atoms with Gasteiger partial charge in [-0.3, -0.25) is 19.2 Å². The van der Waals surface area contributed by atoms with Crippen molar-refractivity contribution in [3.05, 3.63) is 59.2 Å². The third-order valence-electron chi connectivity index (χ3n) is 8.02. The Balaban J connectivity index is 1.80. The van der Waals surface area contributed by atoms with E-state index < -0.39 is 17.9 Å². The summed E-state index contributed by atoms with van der Waals surface area (Å²) in [6, 6.07) is 7.39. The van der Waals surface area contributed by atoms with Crippen LogP contribution in [0.15, 0.2) is 48.1 Å². The summed E-state index contributed by atoms with van der Waals surface area (Å²) in [5.41, 5.74) is 3.52. The lowest BCUT2D eigenvalue weighted by Crippen LogP contribution is -2.47. The van der Waals surface area contributed by atoms with Crippen LogP contribution in [0.3, 0.4) is 0 Å². The third-order valence-corrected chi connectivity index (χ3v) is 8.02. The quantitative estimate of drug-likeness (QED) is 0.269. The molecule has 0 N–H and O–H groups in total. The number of hydrogen-bond donors (Lipinski definition) is 0. The number of benzene rings is 1.